The fourth-order valence-corrected chi connectivity index (χ4v) is 2.56. The predicted octanol–water partition coefficient (Wildman–Crippen LogP) is 3.09. The summed E-state index contributed by atoms with van der Waals surface area (Å²) in [5.41, 5.74) is 0.984. The third kappa shape index (κ3) is 5.98. The van der Waals surface area contributed by atoms with Crippen molar-refractivity contribution in [3.63, 3.8) is 0 Å². The number of ether oxygens (including phenoxy) is 1. The molecule has 0 aliphatic carbocycles. The standard InChI is InChI=1S/C19H26FN3O2/c1-15(2)12-19(24)23(10-11-25-3)14-18-21-8-9-22(18)13-16-4-6-17(20)7-5-16/h4-9,15H,10-14H2,1-3H3. The second-order valence-corrected chi connectivity index (χ2v) is 6.50. The van der Waals surface area contributed by atoms with Crippen LogP contribution >= 0.6 is 0 Å². The number of amides is 1. The quantitative estimate of drug-likeness (QED) is 0.700. The summed E-state index contributed by atoms with van der Waals surface area (Å²) in [5.74, 6) is 0.956. The number of nitrogens with zero attached hydrogens (tertiary/aromatic N) is 3. The molecule has 136 valence electrons. The third-order valence-electron chi connectivity index (χ3n) is 3.90. The molecule has 0 atom stereocenters. The SMILES string of the molecule is COCCN(Cc1nccn1Cc1ccc(F)cc1)C(=O)CC(C)C. The Labute approximate surface area is 148 Å². The fourth-order valence-electron chi connectivity index (χ4n) is 2.56. The van der Waals surface area contributed by atoms with Gasteiger partial charge in [-0.05, 0) is 23.6 Å². The molecule has 0 saturated heterocycles. The summed E-state index contributed by atoms with van der Waals surface area (Å²) in [5, 5.41) is 0. The predicted molar refractivity (Wildman–Crippen MR) is 94.5 cm³/mol. The number of imidazole rings is 1. The zero-order valence-electron chi connectivity index (χ0n) is 15.1. The lowest BCUT2D eigenvalue weighted by Gasteiger charge is -2.23. The number of methoxy groups -OCH3 is 1. The van der Waals surface area contributed by atoms with Crippen LogP contribution in [0.5, 0.6) is 0 Å². The maximum Gasteiger partial charge on any atom is 0.223 e. The summed E-state index contributed by atoms with van der Waals surface area (Å²) < 4.78 is 20.2. The molecule has 0 saturated carbocycles. The van der Waals surface area contributed by atoms with Crippen LogP contribution in [0.2, 0.25) is 0 Å². The Morgan fingerprint density at radius 1 is 1.32 bits per heavy atom. The van der Waals surface area contributed by atoms with Gasteiger partial charge in [0.2, 0.25) is 5.91 Å². The van der Waals surface area contributed by atoms with E-state index in [2.05, 4.69) is 4.98 Å². The molecule has 0 spiro atoms. The minimum absolute atomic E-state index is 0.100. The molecule has 0 fully saturated rings. The number of carbonyl (C=O) groups is 1. The van der Waals surface area contributed by atoms with E-state index in [1.807, 2.05) is 24.6 Å². The summed E-state index contributed by atoms with van der Waals surface area (Å²) in [4.78, 5) is 18.7. The topological polar surface area (TPSA) is 47.4 Å². The smallest absolute Gasteiger partial charge is 0.223 e. The van der Waals surface area contributed by atoms with E-state index in [-0.39, 0.29) is 11.7 Å². The molecule has 1 aromatic carbocycles. The molecule has 6 heteroatoms. The van der Waals surface area contributed by atoms with Gasteiger partial charge in [-0.2, -0.15) is 0 Å². The molecule has 0 aliphatic heterocycles. The van der Waals surface area contributed by atoms with Gasteiger partial charge < -0.3 is 14.2 Å². The van der Waals surface area contributed by atoms with Gasteiger partial charge in [0.05, 0.1) is 13.2 Å². The summed E-state index contributed by atoms with van der Waals surface area (Å²) in [6.45, 7) is 6.10. The lowest BCUT2D eigenvalue weighted by molar-refractivity contribution is -0.133. The van der Waals surface area contributed by atoms with Gasteiger partial charge in [-0.1, -0.05) is 26.0 Å². The highest BCUT2D eigenvalue weighted by atomic mass is 19.1. The van der Waals surface area contributed by atoms with Crippen molar-refractivity contribution in [2.24, 2.45) is 5.92 Å². The first-order chi connectivity index (χ1) is 12.0. The van der Waals surface area contributed by atoms with Crippen LogP contribution in [-0.4, -0.2) is 40.6 Å². The Balaban J connectivity index is 2.09. The molecular formula is C19H26FN3O2. The van der Waals surface area contributed by atoms with Crippen molar-refractivity contribution in [2.75, 3.05) is 20.3 Å². The number of carbonyl (C=O) groups excluding carboxylic acids is 1. The summed E-state index contributed by atoms with van der Waals surface area (Å²) >= 11 is 0. The summed E-state index contributed by atoms with van der Waals surface area (Å²) in [6, 6.07) is 6.41. The normalized spacial score (nSPS) is 11.1. The van der Waals surface area contributed by atoms with Crippen molar-refractivity contribution >= 4 is 5.91 Å². The van der Waals surface area contributed by atoms with Gasteiger partial charge in [0.1, 0.15) is 11.6 Å². The number of aromatic nitrogens is 2. The second kappa shape index (κ2) is 9.32. The van der Waals surface area contributed by atoms with E-state index in [1.165, 1.54) is 12.1 Å². The molecule has 1 amide bonds. The molecule has 2 aromatic rings. The third-order valence-corrected chi connectivity index (χ3v) is 3.90. The molecular weight excluding hydrogens is 321 g/mol. The summed E-state index contributed by atoms with van der Waals surface area (Å²) in [7, 11) is 1.63. The minimum Gasteiger partial charge on any atom is -0.383 e. The molecule has 0 N–H and O–H groups in total. The van der Waals surface area contributed by atoms with Crippen molar-refractivity contribution in [3.05, 3.63) is 53.9 Å². The molecule has 5 nitrogen and oxygen atoms in total. The number of hydrogen-bond acceptors (Lipinski definition) is 3. The van der Waals surface area contributed by atoms with Crippen LogP contribution in [0.15, 0.2) is 36.7 Å². The highest BCUT2D eigenvalue weighted by Crippen LogP contribution is 2.11. The largest absolute Gasteiger partial charge is 0.383 e. The first kappa shape index (κ1) is 19.1. The first-order valence-electron chi connectivity index (χ1n) is 8.50. The van der Waals surface area contributed by atoms with Gasteiger partial charge in [0.25, 0.3) is 0 Å². The molecule has 0 unspecified atom stereocenters. The average Bonchev–Trinajstić information content (AvgIpc) is 2.99. The van der Waals surface area contributed by atoms with Gasteiger partial charge in [-0.3, -0.25) is 4.79 Å². The molecule has 0 aliphatic rings. The van der Waals surface area contributed by atoms with E-state index >= 15 is 0 Å². The van der Waals surface area contributed by atoms with Crippen molar-refractivity contribution in [2.45, 2.75) is 33.4 Å². The van der Waals surface area contributed by atoms with Gasteiger partial charge in [0.15, 0.2) is 0 Å². The maximum atomic E-state index is 13.1. The van der Waals surface area contributed by atoms with E-state index in [4.69, 9.17) is 4.74 Å². The van der Waals surface area contributed by atoms with Crippen molar-refractivity contribution in [1.82, 2.24) is 14.5 Å². The molecule has 25 heavy (non-hydrogen) atoms. The second-order valence-electron chi connectivity index (χ2n) is 6.50. The van der Waals surface area contributed by atoms with E-state index in [0.717, 1.165) is 11.4 Å². The number of benzene rings is 1. The lowest BCUT2D eigenvalue weighted by Crippen LogP contribution is -2.35. The van der Waals surface area contributed by atoms with Gasteiger partial charge in [0, 0.05) is 39.0 Å². The van der Waals surface area contributed by atoms with Crippen LogP contribution in [0.25, 0.3) is 0 Å². The van der Waals surface area contributed by atoms with Gasteiger partial charge in [-0.25, -0.2) is 9.37 Å². The Morgan fingerprint density at radius 3 is 2.68 bits per heavy atom. The van der Waals surface area contributed by atoms with Crippen molar-refractivity contribution < 1.29 is 13.9 Å². The Bertz CT molecular complexity index is 668. The number of halogens is 1. The van der Waals surface area contributed by atoms with Gasteiger partial charge >= 0.3 is 0 Å². The van der Waals surface area contributed by atoms with Crippen LogP contribution in [0.1, 0.15) is 31.7 Å². The summed E-state index contributed by atoms with van der Waals surface area (Å²) in [6.07, 6.45) is 4.10. The first-order valence-corrected chi connectivity index (χ1v) is 8.50. The van der Waals surface area contributed by atoms with E-state index in [1.54, 1.807) is 30.3 Å². The van der Waals surface area contributed by atoms with Crippen molar-refractivity contribution in [1.29, 1.82) is 0 Å². The lowest BCUT2D eigenvalue weighted by atomic mass is 10.1. The Morgan fingerprint density at radius 2 is 2.04 bits per heavy atom. The Kier molecular flexibility index (Phi) is 7.13. The van der Waals surface area contributed by atoms with E-state index in [9.17, 15) is 9.18 Å². The zero-order valence-corrected chi connectivity index (χ0v) is 15.1. The van der Waals surface area contributed by atoms with Crippen LogP contribution in [0.4, 0.5) is 4.39 Å². The van der Waals surface area contributed by atoms with Crippen LogP contribution in [0, 0.1) is 11.7 Å². The minimum atomic E-state index is -0.250. The van der Waals surface area contributed by atoms with E-state index in [0.29, 0.717) is 38.6 Å². The van der Waals surface area contributed by atoms with Crippen LogP contribution in [0.3, 0.4) is 0 Å². The van der Waals surface area contributed by atoms with Crippen LogP contribution in [-0.2, 0) is 22.6 Å². The van der Waals surface area contributed by atoms with Gasteiger partial charge in [-0.15, -0.1) is 0 Å². The number of hydrogen-bond donors (Lipinski definition) is 0. The van der Waals surface area contributed by atoms with Crippen molar-refractivity contribution in [3.8, 4) is 0 Å². The fraction of sp³-hybridized carbons (Fsp3) is 0.474. The van der Waals surface area contributed by atoms with E-state index < -0.39 is 0 Å². The highest BCUT2D eigenvalue weighted by molar-refractivity contribution is 5.76. The molecule has 2 rings (SSSR count). The molecule has 1 heterocycles. The highest BCUT2D eigenvalue weighted by Gasteiger charge is 2.17. The molecule has 0 bridgehead atoms. The Hall–Kier alpha value is -2.21. The molecule has 1 aromatic heterocycles. The number of rotatable bonds is 9. The monoisotopic (exact) mass is 347 g/mol. The maximum absolute atomic E-state index is 13.1. The van der Waals surface area contributed by atoms with Crippen LogP contribution < -0.4 is 0 Å². The average molecular weight is 347 g/mol. The zero-order chi connectivity index (χ0) is 18.2. The molecule has 0 radical (unpaired) electrons.